The highest BCUT2D eigenvalue weighted by molar-refractivity contribution is 6.99. The smallest absolute Gasteiger partial charge is 0.303 e. The zero-order valence-corrected chi connectivity index (χ0v) is 30.2. The third-order valence-corrected chi connectivity index (χ3v) is 13.8. The van der Waals surface area contributed by atoms with Crippen LogP contribution >= 0.6 is 0 Å². The van der Waals surface area contributed by atoms with Gasteiger partial charge in [0.2, 0.25) is 0 Å². The molecular weight excluding hydrogens is 581 g/mol. The number of unbranched alkanes of at least 4 members (excludes halogenated alkanes) is 7. The first-order valence-corrected chi connectivity index (χ1v) is 19.5. The van der Waals surface area contributed by atoms with Crippen molar-refractivity contribution in [2.75, 3.05) is 6.61 Å². The Labute approximate surface area is 281 Å². The Balaban J connectivity index is 1.54. The van der Waals surface area contributed by atoms with Crippen molar-refractivity contribution in [1.82, 2.24) is 0 Å². The topological polar surface area (TPSA) is 35.5 Å². The van der Waals surface area contributed by atoms with Crippen molar-refractivity contribution in [3.63, 3.8) is 0 Å². The molecule has 0 aliphatic carbocycles. The van der Waals surface area contributed by atoms with Crippen LogP contribution in [0.15, 0.2) is 103 Å². The maximum Gasteiger partial charge on any atom is 0.303 e. The molecule has 3 aromatic carbocycles. The molecule has 3 aromatic rings. The average molecular weight is 639 g/mol. The highest BCUT2D eigenvalue weighted by Crippen LogP contribution is 2.36. The second-order valence-electron chi connectivity index (χ2n) is 13.5. The van der Waals surface area contributed by atoms with Crippen LogP contribution in [0, 0.1) is 0 Å². The summed E-state index contributed by atoms with van der Waals surface area (Å²) >= 11 is 0. The molecule has 0 heterocycles. The van der Waals surface area contributed by atoms with Gasteiger partial charge in [0.05, 0.1) is 0 Å². The highest BCUT2D eigenvalue weighted by Gasteiger charge is 2.49. The quantitative estimate of drug-likeness (QED) is 0.0535. The highest BCUT2D eigenvalue weighted by atomic mass is 28.4. The van der Waals surface area contributed by atoms with Gasteiger partial charge in [-0.25, -0.2) is 0 Å². The van der Waals surface area contributed by atoms with Crippen LogP contribution in [0.1, 0.15) is 110 Å². The van der Waals surface area contributed by atoms with E-state index in [2.05, 4.69) is 125 Å². The number of hydrogen-bond acceptors (Lipinski definition) is 3. The van der Waals surface area contributed by atoms with E-state index in [1.807, 2.05) is 12.2 Å². The number of hydrogen-bond donors (Lipinski definition) is 0. The Morgan fingerprint density at radius 2 is 1.33 bits per heavy atom. The number of esters is 1. The normalized spacial score (nSPS) is 13.0. The van der Waals surface area contributed by atoms with Crippen LogP contribution in [0.4, 0.5) is 0 Å². The molecule has 0 bridgehead atoms. The van der Waals surface area contributed by atoms with Crippen LogP contribution in [0.5, 0.6) is 0 Å². The molecule has 0 radical (unpaired) electrons. The van der Waals surface area contributed by atoms with Crippen molar-refractivity contribution in [3.8, 4) is 0 Å². The molecule has 0 saturated heterocycles. The SMILES string of the molecule is CCCCCCCCC(/C=C/C=C/c1ccccc1CCCCCO[Si](c1ccccc1)(c1ccccc1)C(C)(C)C)OC(C)=O. The predicted molar refractivity (Wildman–Crippen MR) is 199 cm³/mol. The molecule has 0 amide bonds. The maximum absolute atomic E-state index is 11.6. The van der Waals surface area contributed by atoms with Crippen molar-refractivity contribution in [2.45, 2.75) is 116 Å². The first kappa shape index (κ1) is 37.2. The lowest BCUT2D eigenvalue weighted by atomic mass is 10.0. The standard InChI is InChI=1S/C42H58O3Si/c1-6-7-8-9-10-15-29-39(45-36(2)43)30-23-22-28-38-27-21-20-26-37(38)25-14-13-24-35-44-46(42(3,4)5,40-31-16-11-17-32-40)41-33-18-12-19-34-41/h11-12,16-23,26-28,30-34,39H,6-10,13-15,24-25,29,35H2,1-5H3/b28-22+,30-23+. The van der Waals surface area contributed by atoms with E-state index in [1.165, 1.54) is 60.5 Å². The fraction of sp³-hybridized carbons (Fsp3) is 0.452. The molecule has 0 N–H and O–H groups in total. The summed E-state index contributed by atoms with van der Waals surface area (Å²) in [6.07, 6.45) is 20.8. The largest absolute Gasteiger partial charge is 0.458 e. The van der Waals surface area contributed by atoms with Gasteiger partial charge in [0.25, 0.3) is 8.32 Å². The van der Waals surface area contributed by atoms with Crippen LogP contribution in [0.25, 0.3) is 6.08 Å². The van der Waals surface area contributed by atoms with Gasteiger partial charge in [-0.1, -0.05) is 169 Å². The van der Waals surface area contributed by atoms with E-state index in [-0.39, 0.29) is 17.1 Å². The molecule has 0 aliphatic heterocycles. The summed E-state index contributed by atoms with van der Waals surface area (Å²) < 4.78 is 12.6. The number of carbonyl (C=O) groups excluding carboxylic acids is 1. The van der Waals surface area contributed by atoms with Crippen LogP contribution in [0.3, 0.4) is 0 Å². The fourth-order valence-corrected chi connectivity index (χ4v) is 11.0. The monoisotopic (exact) mass is 638 g/mol. The van der Waals surface area contributed by atoms with Crippen molar-refractivity contribution < 1.29 is 14.0 Å². The number of allylic oxidation sites excluding steroid dienone is 2. The lowest BCUT2D eigenvalue weighted by Crippen LogP contribution is -2.66. The van der Waals surface area contributed by atoms with Gasteiger partial charge in [0.15, 0.2) is 0 Å². The Kier molecular flexibility index (Phi) is 16.3. The molecule has 0 aliphatic rings. The second kappa shape index (κ2) is 20.1. The fourth-order valence-electron chi connectivity index (χ4n) is 6.39. The van der Waals surface area contributed by atoms with E-state index in [9.17, 15) is 4.79 Å². The zero-order chi connectivity index (χ0) is 33.1. The first-order valence-electron chi connectivity index (χ1n) is 17.6. The zero-order valence-electron chi connectivity index (χ0n) is 29.2. The van der Waals surface area contributed by atoms with Gasteiger partial charge in [-0.3, -0.25) is 4.79 Å². The lowest BCUT2D eigenvalue weighted by molar-refractivity contribution is -0.144. The second-order valence-corrected chi connectivity index (χ2v) is 17.8. The van der Waals surface area contributed by atoms with E-state index in [4.69, 9.17) is 9.16 Å². The summed E-state index contributed by atoms with van der Waals surface area (Å²) in [5.74, 6) is -0.216. The Hall–Kier alpha value is -3.21. The third kappa shape index (κ3) is 11.9. The van der Waals surface area contributed by atoms with E-state index in [0.29, 0.717) is 0 Å². The van der Waals surface area contributed by atoms with Crippen molar-refractivity contribution in [1.29, 1.82) is 0 Å². The third-order valence-electron chi connectivity index (χ3n) is 8.75. The molecular formula is C42H58O3Si. The van der Waals surface area contributed by atoms with Crippen molar-refractivity contribution >= 4 is 30.7 Å². The molecule has 3 nitrogen and oxygen atoms in total. The van der Waals surface area contributed by atoms with Gasteiger partial charge in [0, 0.05) is 13.5 Å². The summed E-state index contributed by atoms with van der Waals surface area (Å²) in [5, 5.41) is 2.68. The van der Waals surface area contributed by atoms with Crippen LogP contribution in [0.2, 0.25) is 5.04 Å². The van der Waals surface area contributed by atoms with Gasteiger partial charge in [-0.05, 0) is 64.7 Å². The van der Waals surface area contributed by atoms with Crippen LogP contribution in [-0.2, 0) is 20.4 Å². The number of ether oxygens (including phenoxy) is 1. The number of benzene rings is 3. The minimum Gasteiger partial charge on any atom is -0.458 e. The van der Waals surface area contributed by atoms with Crippen molar-refractivity contribution in [3.05, 3.63) is 114 Å². The summed E-state index contributed by atoms with van der Waals surface area (Å²) in [6, 6.07) is 30.5. The molecule has 0 fully saturated rings. The molecule has 46 heavy (non-hydrogen) atoms. The van der Waals surface area contributed by atoms with Gasteiger partial charge < -0.3 is 9.16 Å². The average Bonchev–Trinajstić information content (AvgIpc) is 3.04. The Morgan fingerprint density at radius 1 is 0.739 bits per heavy atom. The van der Waals surface area contributed by atoms with Gasteiger partial charge in [0.1, 0.15) is 6.10 Å². The Bertz CT molecular complexity index is 1280. The number of rotatable bonds is 20. The minimum absolute atomic E-state index is 0.00187. The molecule has 1 unspecified atom stereocenters. The van der Waals surface area contributed by atoms with Gasteiger partial charge in [-0.2, -0.15) is 0 Å². The van der Waals surface area contributed by atoms with E-state index >= 15 is 0 Å². The van der Waals surface area contributed by atoms with Crippen LogP contribution < -0.4 is 10.4 Å². The molecule has 248 valence electrons. The molecule has 0 saturated carbocycles. The predicted octanol–water partition coefficient (Wildman–Crippen LogP) is 10.2. The maximum atomic E-state index is 11.6. The lowest BCUT2D eigenvalue weighted by Gasteiger charge is -2.43. The van der Waals surface area contributed by atoms with E-state index in [0.717, 1.165) is 45.1 Å². The van der Waals surface area contributed by atoms with Crippen molar-refractivity contribution in [2.24, 2.45) is 0 Å². The van der Waals surface area contributed by atoms with Gasteiger partial charge >= 0.3 is 5.97 Å². The molecule has 0 spiro atoms. The summed E-state index contributed by atoms with van der Waals surface area (Å²) in [7, 11) is -2.48. The molecule has 4 heteroatoms. The molecule has 1 atom stereocenters. The summed E-state index contributed by atoms with van der Waals surface area (Å²) in [6.45, 7) is 11.5. The minimum atomic E-state index is -2.48. The van der Waals surface area contributed by atoms with Crippen LogP contribution in [-0.4, -0.2) is 27.0 Å². The summed E-state index contributed by atoms with van der Waals surface area (Å²) in [5.41, 5.74) is 2.61. The first-order chi connectivity index (χ1) is 22.3. The molecule has 3 rings (SSSR count). The van der Waals surface area contributed by atoms with E-state index in [1.54, 1.807) is 0 Å². The molecule has 0 aromatic heterocycles. The van der Waals surface area contributed by atoms with Gasteiger partial charge in [-0.15, -0.1) is 0 Å². The number of aryl methyl sites for hydroxylation is 1. The summed E-state index contributed by atoms with van der Waals surface area (Å²) in [4.78, 5) is 11.6. The number of carbonyl (C=O) groups is 1. The van der Waals surface area contributed by atoms with E-state index < -0.39 is 8.32 Å². The Morgan fingerprint density at radius 3 is 1.96 bits per heavy atom.